The molecule has 0 aliphatic rings. The van der Waals surface area contributed by atoms with E-state index in [0.717, 1.165) is 11.1 Å². The van der Waals surface area contributed by atoms with Crippen molar-refractivity contribution in [2.45, 2.75) is 6.92 Å². The van der Waals surface area contributed by atoms with Gasteiger partial charge in [-0.15, -0.1) is 5.73 Å². The molecule has 2 heteroatoms. The molecular formula is C13H11NO. The summed E-state index contributed by atoms with van der Waals surface area (Å²) in [5, 5.41) is 0. The van der Waals surface area contributed by atoms with E-state index in [1.807, 2.05) is 43.3 Å². The van der Waals surface area contributed by atoms with Crippen LogP contribution in [-0.2, 0) is 4.79 Å². The van der Waals surface area contributed by atoms with Gasteiger partial charge in [0, 0.05) is 5.56 Å². The smallest absolute Gasteiger partial charge is 0.211 e. The van der Waals surface area contributed by atoms with E-state index in [1.54, 1.807) is 0 Å². The van der Waals surface area contributed by atoms with Crippen LogP contribution in [0, 0.1) is 0 Å². The van der Waals surface area contributed by atoms with Crippen molar-refractivity contribution in [3.8, 4) is 0 Å². The predicted octanol–water partition coefficient (Wildman–Crippen LogP) is 3.18. The van der Waals surface area contributed by atoms with Crippen LogP contribution in [-0.4, -0.2) is 6.08 Å². The lowest BCUT2D eigenvalue weighted by molar-refractivity contribution is 0.565. The van der Waals surface area contributed by atoms with Crippen LogP contribution in [0.3, 0.4) is 0 Å². The van der Waals surface area contributed by atoms with E-state index in [2.05, 4.69) is 17.3 Å². The number of benzene rings is 1. The first kappa shape index (κ1) is 10.9. The van der Waals surface area contributed by atoms with Crippen molar-refractivity contribution in [1.82, 2.24) is 0 Å². The fourth-order valence-electron chi connectivity index (χ4n) is 1.17. The predicted molar refractivity (Wildman–Crippen MR) is 61.8 cm³/mol. The number of isocyanates is 1. The summed E-state index contributed by atoms with van der Waals surface area (Å²) in [6.45, 7) is 5.58. The summed E-state index contributed by atoms with van der Waals surface area (Å²) in [6, 6.07) is 7.54. The van der Waals surface area contributed by atoms with Gasteiger partial charge in [-0.3, -0.25) is 0 Å². The molecule has 0 amide bonds. The first-order valence-electron chi connectivity index (χ1n) is 4.53. The maximum Gasteiger partial charge on any atom is 0.240 e. The zero-order valence-corrected chi connectivity index (χ0v) is 8.53. The Hall–Kier alpha value is -2.14. The fourth-order valence-corrected chi connectivity index (χ4v) is 1.17. The molecule has 1 rings (SSSR count). The molecule has 1 aromatic carbocycles. The van der Waals surface area contributed by atoms with Crippen LogP contribution in [0.5, 0.6) is 0 Å². The van der Waals surface area contributed by atoms with E-state index in [4.69, 9.17) is 0 Å². The molecule has 1 aromatic rings. The van der Waals surface area contributed by atoms with E-state index >= 15 is 0 Å². The number of hydrogen-bond donors (Lipinski definition) is 0. The summed E-state index contributed by atoms with van der Waals surface area (Å²) in [6.07, 6.45) is 5.11. The van der Waals surface area contributed by atoms with Gasteiger partial charge in [-0.25, -0.2) is 4.79 Å². The average molecular weight is 197 g/mol. The van der Waals surface area contributed by atoms with Crippen molar-refractivity contribution in [2.24, 2.45) is 4.99 Å². The van der Waals surface area contributed by atoms with Gasteiger partial charge in [0.1, 0.15) is 0 Å². The molecule has 0 aliphatic carbocycles. The van der Waals surface area contributed by atoms with Crippen molar-refractivity contribution in [3.63, 3.8) is 0 Å². The highest BCUT2D eigenvalue weighted by atomic mass is 16.1. The van der Waals surface area contributed by atoms with Crippen LogP contribution in [0.2, 0.25) is 0 Å². The minimum absolute atomic E-state index is 0.412. The molecule has 0 saturated heterocycles. The fraction of sp³-hybridized carbons (Fsp3) is 0.0769. The Morgan fingerprint density at radius 1 is 1.47 bits per heavy atom. The van der Waals surface area contributed by atoms with Gasteiger partial charge in [-0.2, -0.15) is 4.99 Å². The summed E-state index contributed by atoms with van der Waals surface area (Å²) < 4.78 is 0. The van der Waals surface area contributed by atoms with Gasteiger partial charge in [-0.1, -0.05) is 30.8 Å². The lowest BCUT2D eigenvalue weighted by Crippen LogP contribution is -1.84. The topological polar surface area (TPSA) is 29.4 Å². The Morgan fingerprint density at radius 3 is 2.87 bits per heavy atom. The Kier molecular flexibility index (Phi) is 4.05. The second-order valence-electron chi connectivity index (χ2n) is 2.84. The van der Waals surface area contributed by atoms with Gasteiger partial charge in [-0.05, 0) is 24.6 Å². The summed E-state index contributed by atoms with van der Waals surface area (Å²) in [7, 11) is 0. The number of aliphatic imine (C=N–C) groups is 1. The van der Waals surface area contributed by atoms with E-state index in [-0.39, 0.29) is 0 Å². The highest BCUT2D eigenvalue weighted by molar-refractivity contribution is 5.74. The third-order valence-electron chi connectivity index (χ3n) is 1.86. The van der Waals surface area contributed by atoms with Crippen LogP contribution in [0.15, 0.2) is 47.6 Å². The van der Waals surface area contributed by atoms with Crippen LogP contribution < -0.4 is 0 Å². The van der Waals surface area contributed by atoms with Crippen LogP contribution >= 0.6 is 0 Å². The first-order chi connectivity index (χ1) is 7.29. The molecule has 2 nitrogen and oxygen atoms in total. The monoisotopic (exact) mass is 197 g/mol. The van der Waals surface area contributed by atoms with Crippen molar-refractivity contribution < 1.29 is 4.79 Å². The van der Waals surface area contributed by atoms with Crippen LogP contribution in [0.1, 0.15) is 18.1 Å². The first-order valence-corrected chi connectivity index (χ1v) is 4.53. The summed E-state index contributed by atoms with van der Waals surface area (Å²) >= 11 is 0. The highest BCUT2D eigenvalue weighted by Gasteiger charge is 2.01. The Balaban J connectivity index is 3.23. The van der Waals surface area contributed by atoms with E-state index in [9.17, 15) is 4.79 Å². The second kappa shape index (κ2) is 5.56. The molecule has 74 valence electrons. The largest absolute Gasteiger partial charge is 0.240 e. The van der Waals surface area contributed by atoms with E-state index in [0.29, 0.717) is 5.70 Å². The molecule has 0 atom stereocenters. The molecule has 0 aliphatic heterocycles. The van der Waals surface area contributed by atoms with Crippen molar-refractivity contribution in [3.05, 3.63) is 53.8 Å². The van der Waals surface area contributed by atoms with Gasteiger partial charge >= 0.3 is 0 Å². The molecule has 0 heterocycles. The Labute approximate surface area is 89.0 Å². The SMILES string of the molecule is C=C(N=C=O)c1ccccc1C=C=CC. The summed E-state index contributed by atoms with van der Waals surface area (Å²) in [5.74, 6) is 0. The third kappa shape index (κ3) is 2.92. The molecule has 15 heavy (non-hydrogen) atoms. The molecule has 0 unspecified atom stereocenters. The van der Waals surface area contributed by atoms with Gasteiger partial charge < -0.3 is 0 Å². The molecule has 0 bridgehead atoms. The summed E-state index contributed by atoms with van der Waals surface area (Å²) in [5.41, 5.74) is 5.13. The lowest BCUT2D eigenvalue weighted by atomic mass is 10.1. The van der Waals surface area contributed by atoms with Crippen LogP contribution in [0.25, 0.3) is 11.8 Å². The van der Waals surface area contributed by atoms with Gasteiger partial charge in [0.2, 0.25) is 6.08 Å². The molecular weight excluding hydrogens is 186 g/mol. The third-order valence-corrected chi connectivity index (χ3v) is 1.86. The van der Waals surface area contributed by atoms with Crippen LogP contribution in [0.4, 0.5) is 0 Å². The maximum absolute atomic E-state index is 10.1. The second-order valence-corrected chi connectivity index (χ2v) is 2.84. The number of carbonyl (C=O) groups excluding carboxylic acids is 1. The summed E-state index contributed by atoms with van der Waals surface area (Å²) in [4.78, 5) is 13.6. The lowest BCUT2D eigenvalue weighted by Gasteiger charge is -2.02. The van der Waals surface area contributed by atoms with Crippen molar-refractivity contribution in [1.29, 1.82) is 0 Å². The van der Waals surface area contributed by atoms with E-state index < -0.39 is 0 Å². The average Bonchev–Trinajstić information content (AvgIpc) is 2.27. The number of allylic oxidation sites excluding steroid dienone is 1. The number of rotatable bonds is 3. The molecule has 0 fully saturated rings. The molecule has 0 spiro atoms. The quantitative estimate of drug-likeness (QED) is 0.415. The van der Waals surface area contributed by atoms with Crippen molar-refractivity contribution in [2.75, 3.05) is 0 Å². The Morgan fingerprint density at radius 2 is 2.20 bits per heavy atom. The normalized spacial score (nSPS) is 8.33. The van der Waals surface area contributed by atoms with Gasteiger partial charge in [0.05, 0.1) is 5.70 Å². The van der Waals surface area contributed by atoms with Gasteiger partial charge in [0.25, 0.3) is 0 Å². The molecule has 0 saturated carbocycles. The molecule has 0 N–H and O–H groups in total. The number of hydrogen-bond acceptors (Lipinski definition) is 2. The van der Waals surface area contributed by atoms with Crippen molar-refractivity contribution >= 4 is 17.9 Å². The standard InChI is InChI=1S/C13H11NO/c1-3-4-7-12-8-5-6-9-13(12)11(2)14-10-15/h3,5-9H,2H2,1H3. The molecule has 0 radical (unpaired) electrons. The molecule has 0 aromatic heterocycles. The zero-order valence-electron chi connectivity index (χ0n) is 8.53. The maximum atomic E-state index is 10.1. The van der Waals surface area contributed by atoms with E-state index in [1.165, 1.54) is 6.08 Å². The zero-order chi connectivity index (χ0) is 11.1. The minimum Gasteiger partial charge on any atom is -0.211 e. The Bertz CT molecular complexity index is 473. The highest BCUT2D eigenvalue weighted by Crippen LogP contribution is 2.19. The number of nitrogens with zero attached hydrogens (tertiary/aromatic N) is 1. The van der Waals surface area contributed by atoms with Gasteiger partial charge in [0.15, 0.2) is 0 Å². The minimum atomic E-state index is 0.412.